The second-order valence-corrected chi connectivity index (χ2v) is 8.35. The van der Waals surface area contributed by atoms with Crippen molar-refractivity contribution in [2.75, 3.05) is 0 Å². The van der Waals surface area contributed by atoms with Crippen LogP contribution in [0.15, 0.2) is 42.6 Å². The first-order valence-electron chi connectivity index (χ1n) is 11.3. The molecule has 7 nitrogen and oxygen atoms in total. The Morgan fingerprint density at radius 3 is 2.53 bits per heavy atom. The van der Waals surface area contributed by atoms with Gasteiger partial charge in [0.25, 0.3) is 0 Å². The molecule has 166 valence electrons. The van der Waals surface area contributed by atoms with Crippen LogP contribution in [0.5, 0.6) is 0 Å². The summed E-state index contributed by atoms with van der Waals surface area (Å²) in [5.41, 5.74) is 2.38. The number of aryl methyl sites for hydroxylation is 1. The number of carbonyl (C=O) groups is 2. The van der Waals surface area contributed by atoms with Gasteiger partial charge in [0.15, 0.2) is 0 Å². The van der Waals surface area contributed by atoms with Gasteiger partial charge in [0, 0.05) is 30.6 Å². The highest BCUT2D eigenvalue weighted by Gasteiger charge is 2.26. The Morgan fingerprint density at radius 2 is 1.84 bits per heavy atom. The molecule has 1 aliphatic rings. The molecule has 1 aliphatic carbocycles. The first-order chi connectivity index (χ1) is 15.6. The Bertz CT molecular complexity index is 1100. The number of aromatic carboxylic acids is 1. The standard InChI is InChI=1S/C25H28N4O3/c1-2-15-29-21(27-24(28-29)23(30)19-7-4-3-5-8-19)16-17-10-12-18(13-11-17)22-20(25(31)32)9-6-14-26-22/h6,9-14,19H,2-5,7-8,15-16H2,1H3,(H,31,32). The predicted octanol–water partition coefficient (Wildman–Crippen LogP) is 4.80. The Hall–Kier alpha value is -3.35. The van der Waals surface area contributed by atoms with Crippen molar-refractivity contribution in [3.8, 4) is 11.3 Å². The third-order valence-electron chi connectivity index (χ3n) is 6.01. The van der Waals surface area contributed by atoms with E-state index in [9.17, 15) is 14.7 Å². The van der Waals surface area contributed by atoms with Gasteiger partial charge in [-0.05, 0) is 37.0 Å². The lowest BCUT2D eigenvalue weighted by atomic mass is 9.86. The summed E-state index contributed by atoms with van der Waals surface area (Å²) in [6.07, 6.45) is 8.33. The SMILES string of the molecule is CCCn1nc(C(=O)C2CCCCC2)nc1Cc1ccc(-c2ncccc2C(=O)O)cc1. The number of hydrogen-bond donors (Lipinski definition) is 1. The lowest BCUT2D eigenvalue weighted by Crippen LogP contribution is -2.19. The molecular formula is C25H28N4O3. The van der Waals surface area contributed by atoms with E-state index in [1.165, 1.54) is 6.42 Å². The van der Waals surface area contributed by atoms with Gasteiger partial charge in [0.2, 0.25) is 11.6 Å². The third kappa shape index (κ3) is 4.77. The number of hydrogen-bond acceptors (Lipinski definition) is 5. The van der Waals surface area contributed by atoms with Gasteiger partial charge in [-0.2, -0.15) is 0 Å². The van der Waals surface area contributed by atoms with Crippen LogP contribution in [-0.2, 0) is 13.0 Å². The molecule has 2 heterocycles. The second-order valence-electron chi connectivity index (χ2n) is 8.35. The molecule has 0 aliphatic heterocycles. The average Bonchev–Trinajstić information content (AvgIpc) is 3.22. The molecule has 0 unspecified atom stereocenters. The van der Waals surface area contributed by atoms with Gasteiger partial charge in [-0.25, -0.2) is 14.5 Å². The van der Waals surface area contributed by atoms with Crippen molar-refractivity contribution >= 4 is 11.8 Å². The molecule has 1 fully saturated rings. The minimum atomic E-state index is -1.000. The first-order valence-corrected chi connectivity index (χ1v) is 11.3. The number of ketones is 1. The van der Waals surface area contributed by atoms with E-state index in [4.69, 9.17) is 0 Å². The summed E-state index contributed by atoms with van der Waals surface area (Å²) in [6.45, 7) is 2.80. The lowest BCUT2D eigenvalue weighted by molar-refractivity contribution is 0.0697. The van der Waals surface area contributed by atoms with Gasteiger partial charge in [-0.3, -0.25) is 9.78 Å². The molecule has 7 heteroatoms. The van der Waals surface area contributed by atoms with Crippen molar-refractivity contribution in [1.82, 2.24) is 19.7 Å². The maximum atomic E-state index is 12.9. The van der Waals surface area contributed by atoms with Crippen LogP contribution in [0.2, 0.25) is 0 Å². The van der Waals surface area contributed by atoms with Crippen LogP contribution in [0.25, 0.3) is 11.3 Å². The van der Waals surface area contributed by atoms with Gasteiger partial charge in [-0.15, -0.1) is 5.10 Å². The molecule has 2 aromatic heterocycles. The van der Waals surface area contributed by atoms with Crippen LogP contribution >= 0.6 is 0 Å². The zero-order chi connectivity index (χ0) is 22.5. The highest BCUT2D eigenvalue weighted by Crippen LogP contribution is 2.27. The number of benzene rings is 1. The van der Waals surface area contributed by atoms with Gasteiger partial charge in [0.1, 0.15) is 5.82 Å². The zero-order valence-corrected chi connectivity index (χ0v) is 18.3. The molecule has 4 rings (SSSR count). The summed E-state index contributed by atoms with van der Waals surface area (Å²) in [6, 6.07) is 10.8. The smallest absolute Gasteiger partial charge is 0.337 e. The highest BCUT2D eigenvalue weighted by atomic mass is 16.4. The minimum Gasteiger partial charge on any atom is -0.478 e. The first kappa shape index (κ1) is 21.9. The summed E-state index contributed by atoms with van der Waals surface area (Å²) in [4.78, 5) is 33.3. The number of rotatable bonds is 8. The quantitative estimate of drug-likeness (QED) is 0.513. The number of carboxylic acids is 1. The van der Waals surface area contributed by atoms with E-state index in [1.807, 2.05) is 28.9 Å². The highest BCUT2D eigenvalue weighted by molar-refractivity contribution is 5.95. The van der Waals surface area contributed by atoms with Crippen LogP contribution in [0.1, 0.15) is 77.8 Å². The number of nitrogens with zero attached hydrogens (tertiary/aromatic N) is 4. The number of Topliss-reactive ketones (excluding diaryl/α,β-unsaturated/α-hetero) is 1. The van der Waals surface area contributed by atoms with Gasteiger partial charge < -0.3 is 5.11 Å². The Kier molecular flexibility index (Phi) is 6.73. The van der Waals surface area contributed by atoms with E-state index in [-0.39, 0.29) is 17.3 Å². The second kappa shape index (κ2) is 9.85. The summed E-state index contributed by atoms with van der Waals surface area (Å²) in [7, 11) is 0. The predicted molar refractivity (Wildman–Crippen MR) is 121 cm³/mol. The van der Waals surface area contributed by atoms with E-state index in [1.54, 1.807) is 18.3 Å². The van der Waals surface area contributed by atoms with Crippen molar-refractivity contribution in [1.29, 1.82) is 0 Å². The Labute approximate surface area is 187 Å². The molecule has 1 saturated carbocycles. The number of aromatic nitrogens is 4. The van der Waals surface area contributed by atoms with Crippen LogP contribution in [0, 0.1) is 5.92 Å². The molecule has 0 atom stereocenters. The van der Waals surface area contributed by atoms with E-state index >= 15 is 0 Å². The molecule has 1 aromatic carbocycles. The largest absolute Gasteiger partial charge is 0.478 e. The number of carbonyl (C=O) groups excluding carboxylic acids is 1. The molecule has 0 saturated heterocycles. The van der Waals surface area contributed by atoms with Crippen molar-refractivity contribution in [3.63, 3.8) is 0 Å². The molecule has 0 spiro atoms. The van der Waals surface area contributed by atoms with E-state index in [0.717, 1.165) is 49.1 Å². The van der Waals surface area contributed by atoms with Crippen molar-refractivity contribution < 1.29 is 14.7 Å². The molecular weight excluding hydrogens is 404 g/mol. The van der Waals surface area contributed by atoms with E-state index in [2.05, 4.69) is 22.0 Å². The van der Waals surface area contributed by atoms with Gasteiger partial charge in [-0.1, -0.05) is 50.5 Å². The number of carboxylic acid groups (broad SMARTS) is 1. The van der Waals surface area contributed by atoms with Crippen LogP contribution in [-0.4, -0.2) is 36.6 Å². The van der Waals surface area contributed by atoms with Crippen LogP contribution < -0.4 is 0 Å². The fourth-order valence-corrected chi connectivity index (χ4v) is 4.32. The molecule has 1 N–H and O–H groups in total. The van der Waals surface area contributed by atoms with E-state index in [0.29, 0.717) is 24.5 Å². The van der Waals surface area contributed by atoms with Crippen molar-refractivity contribution in [3.05, 3.63) is 65.4 Å². The fourth-order valence-electron chi connectivity index (χ4n) is 4.32. The molecule has 0 amide bonds. The molecule has 0 bridgehead atoms. The molecule has 3 aromatic rings. The fraction of sp³-hybridized carbons (Fsp3) is 0.400. The Morgan fingerprint density at radius 1 is 1.09 bits per heavy atom. The van der Waals surface area contributed by atoms with E-state index < -0.39 is 5.97 Å². The lowest BCUT2D eigenvalue weighted by Gasteiger charge is -2.18. The summed E-state index contributed by atoms with van der Waals surface area (Å²) in [5, 5.41) is 14.0. The topological polar surface area (TPSA) is 98.0 Å². The Balaban J connectivity index is 1.55. The monoisotopic (exact) mass is 432 g/mol. The van der Waals surface area contributed by atoms with Crippen LogP contribution in [0.3, 0.4) is 0 Å². The van der Waals surface area contributed by atoms with Crippen molar-refractivity contribution in [2.45, 2.75) is 58.4 Å². The zero-order valence-electron chi connectivity index (χ0n) is 18.3. The molecule has 0 radical (unpaired) electrons. The maximum Gasteiger partial charge on any atom is 0.337 e. The summed E-state index contributed by atoms with van der Waals surface area (Å²) in [5.74, 6) is 0.252. The molecule has 32 heavy (non-hydrogen) atoms. The van der Waals surface area contributed by atoms with Gasteiger partial charge >= 0.3 is 5.97 Å². The normalized spacial score (nSPS) is 14.4. The van der Waals surface area contributed by atoms with Gasteiger partial charge in [0.05, 0.1) is 11.3 Å². The summed E-state index contributed by atoms with van der Waals surface area (Å²) < 4.78 is 1.85. The number of pyridine rings is 1. The summed E-state index contributed by atoms with van der Waals surface area (Å²) >= 11 is 0. The average molecular weight is 433 g/mol. The van der Waals surface area contributed by atoms with Crippen molar-refractivity contribution in [2.24, 2.45) is 5.92 Å². The third-order valence-corrected chi connectivity index (χ3v) is 6.01. The van der Waals surface area contributed by atoms with Crippen LogP contribution in [0.4, 0.5) is 0 Å². The minimum absolute atomic E-state index is 0.0511. The maximum absolute atomic E-state index is 12.9.